The predicted molar refractivity (Wildman–Crippen MR) is 182 cm³/mol. The van der Waals surface area contributed by atoms with Gasteiger partial charge >= 0.3 is 0 Å². The molecule has 0 aliphatic rings. The van der Waals surface area contributed by atoms with Crippen LogP contribution in [0.1, 0.15) is 188 Å². The van der Waals surface area contributed by atoms with E-state index in [9.17, 15) is 5.11 Å². The smallest absolute Gasteiger partial charge is 0.102 e. The van der Waals surface area contributed by atoms with Gasteiger partial charge in [0.25, 0.3) is 0 Å². The molecule has 0 unspecified atom stereocenters. The normalized spacial score (nSPS) is 12.4. The minimum Gasteiger partial charge on any atom is -0.391 e. The maximum absolute atomic E-state index is 10.0. The summed E-state index contributed by atoms with van der Waals surface area (Å²) in [4.78, 5) is 0. The van der Waals surface area contributed by atoms with Gasteiger partial charge in [-0.25, -0.2) is 0 Å². The number of unbranched alkanes of at least 4 members (excludes halogenated alkanes) is 21. The third-order valence-corrected chi connectivity index (χ3v) is 8.88. The van der Waals surface area contributed by atoms with Gasteiger partial charge in [0.2, 0.25) is 0 Å². The predicted octanol–water partition coefficient (Wildman–Crippen LogP) is 12.1. The summed E-state index contributed by atoms with van der Waals surface area (Å²) in [5.41, 5.74) is 0. The maximum Gasteiger partial charge on any atom is 0.102 e. The fraction of sp³-hybridized carbons (Fsp3) is 0.895. The molecule has 0 saturated carbocycles. The summed E-state index contributed by atoms with van der Waals surface area (Å²) >= 11 is 0. The first-order valence-electron chi connectivity index (χ1n) is 18.5. The topological polar surface area (TPSA) is 20.2 Å². The Morgan fingerprint density at radius 1 is 0.375 bits per heavy atom. The van der Waals surface area contributed by atoms with Gasteiger partial charge in [0.15, 0.2) is 0 Å². The Kier molecular flexibility index (Phi) is 32.4. The van der Waals surface area contributed by atoms with E-state index in [1.807, 2.05) is 0 Å². The van der Waals surface area contributed by atoms with Crippen molar-refractivity contribution in [1.29, 1.82) is 0 Å². The third kappa shape index (κ3) is 27.6. The zero-order valence-corrected chi connectivity index (χ0v) is 28.1. The van der Waals surface area contributed by atoms with Gasteiger partial charge in [-0.15, -0.1) is 0 Å². The van der Waals surface area contributed by atoms with Crippen LogP contribution < -0.4 is 0 Å². The van der Waals surface area contributed by atoms with Gasteiger partial charge in [-0.05, 0) is 70.6 Å². The maximum atomic E-state index is 10.0. The van der Waals surface area contributed by atoms with E-state index < -0.39 is 0 Å². The first kappa shape index (κ1) is 39.4. The van der Waals surface area contributed by atoms with Crippen LogP contribution in [0.3, 0.4) is 0 Å². The van der Waals surface area contributed by atoms with Crippen LogP contribution in [0.25, 0.3) is 0 Å². The van der Waals surface area contributed by atoms with E-state index in [1.54, 1.807) is 0 Å². The molecule has 0 radical (unpaired) electrons. The van der Waals surface area contributed by atoms with Crippen molar-refractivity contribution in [3.63, 3.8) is 0 Å². The van der Waals surface area contributed by atoms with E-state index in [4.69, 9.17) is 0 Å². The van der Waals surface area contributed by atoms with Gasteiger partial charge in [0, 0.05) is 0 Å². The van der Waals surface area contributed by atoms with Crippen LogP contribution in [-0.2, 0) is 0 Å². The molecule has 2 nitrogen and oxygen atoms in total. The Labute approximate surface area is 254 Å². The highest BCUT2D eigenvalue weighted by molar-refractivity contribution is 4.92. The van der Waals surface area contributed by atoms with Crippen LogP contribution in [-0.4, -0.2) is 42.4 Å². The average molecular weight is 563 g/mol. The fourth-order valence-corrected chi connectivity index (χ4v) is 6.13. The second-order valence-electron chi connectivity index (χ2n) is 12.8. The zero-order valence-electron chi connectivity index (χ0n) is 28.1. The molecule has 0 aromatic heterocycles. The largest absolute Gasteiger partial charge is 0.391 e. The minimum absolute atomic E-state index is 0.356. The second-order valence-corrected chi connectivity index (χ2v) is 12.8. The lowest BCUT2D eigenvalue weighted by molar-refractivity contribution is -0.929. The van der Waals surface area contributed by atoms with Crippen LogP contribution in [0.4, 0.5) is 0 Å². The molecule has 0 fully saturated rings. The van der Waals surface area contributed by atoms with Gasteiger partial charge in [-0.2, -0.15) is 0 Å². The molecule has 0 bridgehead atoms. The highest BCUT2D eigenvalue weighted by Crippen LogP contribution is 2.19. The summed E-state index contributed by atoms with van der Waals surface area (Å²) in [5, 5.41) is 10.0. The van der Waals surface area contributed by atoms with Gasteiger partial charge in [-0.3, -0.25) is 0 Å². The lowest BCUT2D eigenvalue weighted by Gasteiger charge is -2.39. The minimum atomic E-state index is 0.356. The molecule has 0 spiro atoms. The fourth-order valence-electron chi connectivity index (χ4n) is 6.13. The summed E-state index contributed by atoms with van der Waals surface area (Å²) in [7, 11) is 0. The van der Waals surface area contributed by atoms with Crippen molar-refractivity contribution in [1.82, 2.24) is 0 Å². The van der Waals surface area contributed by atoms with Crippen molar-refractivity contribution >= 4 is 0 Å². The molecule has 0 saturated heterocycles. The molecule has 0 rings (SSSR count). The number of quaternary nitrogens is 1. The van der Waals surface area contributed by atoms with Crippen molar-refractivity contribution in [2.24, 2.45) is 0 Å². The molecule has 0 atom stereocenters. The Morgan fingerprint density at radius 3 is 1.10 bits per heavy atom. The average Bonchev–Trinajstić information content (AvgIpc) is 2.96. The van der Waals surface area contributed by atoms with Crippen molar-refractivity contribution in [2.75, 3.05) is 32.8 Å². The van der Waals surface area contributed by atoms with Crippen LogP contribution in [0.2, 0.25) is 0 Å². The first-order chi connectivity index (χ1) is 19.7. The lowest BCUT2D eigenvalue weighted by atomic mass is 10.1. The highest BCUT2D eigenvalue weighted by Gasteiger charge is 2.25. The Bertz CT molecular complexity index is 508. The van der Waals surface area contributed by atoms with Gasteiger partial charge in [0.1, 0.15) is 6.54 Å². The number of hydrogen-bond acceptors (Lipinski definition) is 1. The first-order valence-corrected chi connectivity index (χ1v) is 18.5. The molecule has 0 aromatic carbocycles. The molecule has 2 heteroatoms. The van der Waals surface area contributed by atoms with Gasteiger partial charge < -0.3 is 9.59 Å². The molecular weight excluding hydrogens is 486 g/mol. The number of aliphatic hydroxyl groups is 1. The highest BCUT2D eigenvalue weighted by atomic mass is 16.3. The van der Waals surface area contributed by atoms with E-state index in [0.29, 0.717) is 6.61 Å². The standard InChI is InChI=1S/C38H76NO/c1-4-7-10-13-16-17-18-19-20-21-22-23-24-27-30-33-36-39(37-38-40,34-31-28-25-14-11-8-5-2)35-32-29-26-15-12-9-6-3/h16-17,19-20,40H,4-15,18,21-38H2,1-3H3/q+1/b17-16-,20-19-. The van der Waals surface area contributed by atoms with Crippen molar-refractivity contribution in [2.45, 2.75) is 188 Å². The molecule has 40 heavy (non-hydrogen) atoms. The zero-order chi connectivity index (χ0) is 29.2. The summed E-state index contributed by atoms with van der Waals surface area (Å²) < 4.78 is 1.19. The summed E-state index contributed by atoms with van der Waals surface area (Å²) in [6.45, 7) is 12.1. The van der Waals surface area contributed by atoms with E-state index in [1.165, 1.54) is 185 Å². The lowest BCUT2D eigenvalue weighted by Crippen LogP contribution is -2.51. The summed E-state index contributed by atoms with van der Waals surface area (Å²) in [5.74, 6) is 0. The number of allylic oxidation sites excluding steroid dienone is 4. The monoisotopic (exact) mass is 563 g/mol. The quantitative estimate of drug-likeness (QED) is 0.0479. The molecule has 1 N–H and O–H groups in total. The van der Waals surface area contributed by atoms with Crippen molar-refractivity contribution in [3.8, 4) is 0 Å². The molecule has 0 aliphatic carbocycles. The number of nitrogens with zero attached hydrogens (tertiary/aromatic N) is 1. The van der Waals surface area contributed by atoms with E-state index >= 15 is 0 Å². The molecule has 0 aliphatic heterocycles. The third-order valence-electron chi connectivity index (χ3n) is 8.88. The van der Waals surface area contributed by atoms with E-state index in [-0.39, 0.29) is 0 Å². The van der Waals surface area contributed by atoms with E-state index in [2.05, 4.69) is 45.1 Å². The van der Waals surface area contributed by atoms with E-state index in [0.717, 1.165) is 13.0 Å². The number of rotatable bonds is 33. The molecule has 0 aromatic rings. The SMILES string of the molecule is CCCCC/C=C\C/C=C\CCCCCCCC[N+](CCO)(CCCCCCCCC)CCCCCCCCC. The molecule has 0 heterocycles. The van der Waals surface area contributed by atoms with Crippen molar-refractivity contribution in [3.05, 3.63) is 24.3 Å². The van der Waals surface area contributed by atoms with Crippen LogP contribution in [0, 0.1) is 0 Å². The molecular formula is C38H76NO+. The second kappa shape index (κ2) is 32.9. The molecule has 0 amide bonds. The Hall–Kier alpha value is -0.600. The number of aliphatic hydroxyl groups excluding tert-OH is 1. The number of hydrogen-bond donors (Lipinski definition) is 1. The van der Waals surface area contributed by atoms with Gasteiger partial charge in [-0.1, -0.05) is 141 Å². The Morgan fingerprint density at radius 2 is 0.700 bits per heavy atom. The van der Waals surface area contributed by atoms with Crippen LogP contribution in [0.5, 0.6) is 0 Å². The summed E-state index contributed by atoms with van der Waals surface area (Å²) in [6.07, 6.45) is 44.7. The van der Waals surface area contributed by atoms with Gasteiger partial charge in [0.05, 0.1) is 26.2 Å². The molecule has 238 valence electrons. The summed E-state index contributed by atoms with van der Waals surface area (Å²) in [6, 6.07) is 0. The van der Waals surface area contributed by atoms with Crippen LogP contribution in [0.15, 0.2) is 24.3 Å². The van der Waals surface area contributed by atoms with Crippen molar-refractivity contribution < 1.29 is 9.59 Å². The Balaban J connectivity index is 4.25. The van der Waals surface area contributed by atoms with Crippen LogP contribution >= 0.6 is 0 Å².